The molecule has 0 aliphatic carbocycles. The van der Waals surface area contributed by atoms with E-state index in [9.17, 15) is 0 Å². The Hall–Kier alpha value is -1.66. The van der Waals surface area contributed by atoms with Gasteiger partial charge in [0.15, 0.2) is 0 Å². The molecule has 2 heterocycles. The SMILES string of the molecule is Cc1nn(CCO)c(C)c1CN(C)CCn1ccnc1C. The molecule has 116 valence electrons. The van der Waals surface area contributed by atoms with E-state index in [1.54, 1.807) is 0 Å². The van der Waals surface area contributed by atoms with E-state index in [0.717, 1.165) is 36.8 Å². The van der Waals surface area contributed by atoms with Gasteiger partial charge in [0.2, 0.25) is 0 Å². The number of aliphatic hydroxyl groups excluding tert-OH is 1. The van der Waals surface area contributed by atoms with Crippen LogP contribution in [0.1, 0.15) is 22.8 Å². The fourth-order valence-corrected chi connectivity index (χ4v) is 2.54. The lowest BCUT2D eigenvalue weighted by atomic mass is 10.2. The van der Waals surface area contributed by atoms with Gasteiger partial charge in [0, 0.05) is 43.3 Å². The summed E-state index contributed by atoms with van der Waals surface area (Å²) in [6.45, 7) is 9.57. The minimum atomic E-state index is 0.122. The smallest absolute Gasteiger partial charge is 0.105 e. The van der Waals surface area contributed by atoms with Crippen molar-refractivity contribution in [2.75, 3.05) is 20.2 Å². The molecule has 0 aromatic carbocycles. The van der Waals surface area contributed by atoms with Crippen LogP contribution in [0.2, 0.25) is 0 Å². The summed E-state index contributed by atoms with van der Waals surface area (Å²) < 4.78 is 4.05. The Morgan fingerprint density at radius 1 is 1.24 bits per heavy atom. The third kappa shape index (κ3) is 3.71. The summed E-state index contributed by atoms with van der Waals surface area (Å²) in [5, 5.41) is 13.6. The van der Waals surface area contributed by atoms with E-state index in [4.69, 9.17) is 5.11 Å². The van der Waals surface area contributed by atoms with Crippen LogP contribution >= 0.6 is 0 Å². The Morgan fingerprint density at radius 3 is 2.62 bits per heavy atom. The Labute approximate surface area is 126 Å². The number of rotatable bonds is 7. The van der Waals surface area contributed by atoms with E-state index in [1.807, 2.05) is 30.9 Å². The van der Waals surface area contributed by atoms with E-state index in [2.05, 4.69) is 33.5 Å². The third-order valence-corrected chi connectivity index (χ3v) is 3.92. The summed E-state index contributed by atoms with van der Waals surface area (Å²) in [6.07, 6.45) is 3.85. The first-order chi connectivity index (χ1) is 10.0. The van der Waals surface area contributed by atoms with Crippen LogP contribution in [0.4, 0.5) is 0 Å². The van der Waals surface area contributed by atoms with Crippen LogP contribution in [0.3, 0.4) is 0 Å². The van der Waals surface area contributed by atoms with E-state index in [0.29, 0.717) is 6.54 Å². The van der Waals surface area contributed by atoms with Gasteiger partial charge in [0.05, 0.1) is 18.8 Å². The van der Waals surface area contributed by atoms with E-state index in [-0.39, 0.29) is 6.61 Å². The van der Waals surface area contributed by atoms with Crippen LogP contribution in [0, 0.1) is 20.8 Å². The van der Waals surface area contributed by atoms with Gasteiger partial charge in [0.1, 0.15) is 5.82 Å². The molecule has 0 saturated carbocycles. The van der Waals surface area contributed by atoms with Gasteiger partial charge in [-0.3, -0.25) is 4.68 Å². The minimum absolute atomic E-state index is 0.122. The van der Waals surface area contributed by atoms with Crippen LogP contribution < -0.4 is 0 Å². The van der Waals surface area contributed by atoms with E-state index < -0.39 is 0 Å². The van der Waals surface area contributed by atoms with Crippen molar-refractivity contribution in [3.63, 3.8) is 0 Å². The summed E-state index contributed by atoms with van der Waals surface area (Å²) in [4.78, 5) is 6.53. The third-order valence-electron chi connectivity index (χ3n) is 3.92. The molecule has 0 aliphatic rings. The summed E-state index contributed by atoms with van der Waals surface area (Å²) in [5.74, 6) is 1.05. The predicted octanol–water partition coefficient (Wildman–Crippen LogP) is 1.13. The van der Waals surface area contributed by atoms with Gasteiger partial charge in [-0.2, -0.15) is 5.10 Å². The van der Waals surface area contributed by atoms with Crippen LogP contribution in [0.15, 0.2) is 12.4 Å². The van der Waals surface area contributed by atoms with Crippen LogP contribution in [0.5, 0.6) is 0 Å². The molecule has 0 unspecified atom stereocenters. The molecule has 0 fully saturated rings. The lowest BCUT2D eigenvalue weighted by Gasteiger charge is -2.17. The zero-order chi connectivity index (χ0) is 15.4. The van der Waals surface area contributed by atoms with Gasteiger partial charge in [-0.1, -0.05) is 0 Å². The lowest BCUT2D eigenvalue weighted by molar-refractivity contribution is 0.267. The van der Waals surface area contributed by atoms with Crippen molar-refractivity contribution in [1.82, 2.24) is 24.2 Å². The van der Waals surface area contributed by atoms with Gasteiger partial charge in [0.25, 0.3) is 0 Å². The van der Waals surface area contributed by atoms with Crippen LogP contribution in [-0.4, -0.2) is 49.5 Å². The van der Waals surface area contributed by atoms with E-state index in [1.165, 1.54) is 5.56 Å². The number of hydrogen-bond donors (Lipinski definition) is 1. The number of aliphatic hydroxyl groups is 1. The Kier molecular flexibility index (Phi) is 5.14. The first-order valence-electron chi connectivity index (χ1n) is 7.33. The number of likely N-dealkylation sites (N-methyl/N-ethyl adjacent to an activating group) is 1. The monoisotopic (exact) mass is 291 g/mol. The Morgan fingerprint density at radius 2 is 2.00 bits per heavy atom. The number of imidazole rings is 1. The molecule has 2 aromatic rings. The highest BCUT2D eigenvalue weighted by atomic mass is 16.3. The largest absolute Gasteiger partial charge is 0.394 e. The van der Waals surface area contributed by atoms with Crippen molar-refractivity contribution in [2.45, 2.75) is 40.4 Å². The fraction of sp³-hybridized carbons (Fsp3) is 0.600. The quantitative estimate of drug-likeness (QED) is 0.831. The molecule has 2 rings (SSSR count). The molecule has 0 bridgehead atoms. The topological polar surface area (TPSA) is 59.1 Å². The molecule has 0 spiro atoms. The second kappa shape index (κ2) is 6.87. The highest BCUT2D eigenvalue weighted by molar-refractivity contribution is 5.24. The molecule has 6 nitrogen and oxygen atoms in total. The first-order valence-corrected chi connectivity index (χ1v) is 7.33. The van der Waals surface area contributed by atoms with E-state index >= 15 is 0 Å². The number of hydrogen-bond acceptors (Lipinski definition) is 4. The van der Waals surface area contributed by atoms with Crippen LogP contribution in [0.25, 0.3) is 0 Å². The maximum atomic E-state index is 9.06. The summed E-state index contributed by atoms with van der Waals surface area (Å²) >= 11 is 0. The van der Waals surface area contributed by atoms with Crippen molar-refractivity contribution in [2.24, 2.45) is 0 Å². The molecule has 0 saturated heterocycles. The Bertz CT molecular complexity index is 587. The fourth-order valence-electron chi connectivity index (χ4n) is 2.54. The van der Waals surface area contributed by atoms with Crippen molar-refractivity contribution >= 4 is 0 Å². The van der Waals surface area contributed by atoms with Crippen molar-refractivity contribution in [1.29, 1.82) is 0 Å². The number of aromatic nitrogens is 4. The van der Waals surface area contributed by atoms with Gasteiger partial charge >= 0.3 is 0 Å². The lowest BCUT2D eigenvalue weighted by Crippen LogP contribution is -2.23. The molecule has 0 aliphatic heterocycles. The maximum absolute atomic E-state index is 9.06. The van der Waals surface area contributed by atoms with Crippen molar-refractivity contribution in [3.8, 4) is 0 Å². The summed E-state index contributed by atoms with van der Waals surface area (Å²) in [6, 6.07) is 0. The standard InChI is InChI=1S/C15H25N5O/c1-12-15(13(2)20(17-12)9-10-21)11-18(4)7-8-19-6-5-16-14(19)3/h5-6,21H,7-11H2,1-4H3. The number of nitrogens with zero attached hydrogens (tertiary/aromatic N) is 5. The van der Waals surface area contributed by atoms with Crippen molar-refractivity contribution in [3.05, 3.63) is 35.2 Å². The minimum Gasteiger partial charge on any atom is -0.394 e. The maximum Gasteiger partial charge on any atom is 0.105 e. The van der Waals surface area contributed by atoms with Gasteiger partial charge in [-0.15, -0.1) is 0 Å². The Balaban J connectivity index is 1.96. The van der Waals surface area contributed by atoms with Gasteiger partial charge in [-0.25, -0.2) is 4.98 Å². The molecule has 2 aromatic heterocycles. The summed E-state index contributed by atoms with van der Waals surface area (Å²) in [7, 11) is 2.12. The molecule has 21 heavy (non-hydrogen) atoms. The van der Waals surface area contributed by atoms with Crippen molar-refractivity contribution < 1.29 is 5.11 Å². The zero-order valence-corrected chi connectivity index (χ0v) is 13.4. The highest BCUT2D eigenvalue weighted by Gasteiger charge is 2.13. The second-order valence-electron chi connectivity index (χ2n) is 5.50. The van der Waals surface area contributed by atoms with Crippen LogP contribution in [-0.2, 0) is 19.6 Å². The normalized spacial score (nSPS) is 11.5. The molecule has 0 amide bonds. The predicted molar refractivity (Wildman–Crippen MR) is 82.1 cm³/mol. The highest BCUT2D eigenvalue weighted by Crippen LogP contribution is 2.15. The first kappa shape index (κ1) is 15.7. The molecular formula is C15H25N5O. The zero-order valence-electron chi connectivity index (χ0n) is 13.4. The molecule has 0 radical (unpaired) electrons. The molecule has 0 atom stereocenters. The van der Waals surface area contributed by atoms with Gasteiger partial charge < -0.3 is 14.6 Å². The average Bonchev–Trinajstić information content (AvgIpc) is 2.96. The summed E-state index contributed by atoms with van der Waals surface area (Å²) in [5.41, 5.74) is 3.45. The number of aryl methyl sites for hydroxylation is 2. The average molecular weight is 291 g/mol. The molecule has 1 N–H and O–H groups in total. The second-order valence-corrected chi connectivity index (χ2v) is 5.50. The molecule has 6 heteroatoms. The molecular weight excluding hydrogens is 266 g/mol. The van der Waals surface area contributed by atoms with Gasteiger partial charge in [-0.05, 0) is 27.8 Å².